The molecule has 2 aromatic carbocycles. The zero-order valence-electron chi connectivity index (χ0n) is 20.3. The van der Waals surface area contributed by atoms with Crippen molar-refractivity contribution in [3.63, 3.8) is 0 Å². The minimum Gasteiger partial charge on any atom is -0.484 e. The molecule has 0 radical (unpaired) electrons. The first-order valence-electron chi connectivity index (χ1n) is 11.0. The molecule has 0 amide bonds. The Labute approximate surface area is 200 Å². The largest absolute Gasteiger partial charge is 0.484 e. The van der Waals surface area contributed by atoms with E-state index in [1.165, 1.54) is 12.7 Å². The third-order valence-electron chi connectivity index (χ3n) is 5.17. The second-order valence-electron chi connectivity index (χ2n) is 8.03. The standard InChI is InChI=1S/C26H32O8/c1-17(2)6-7-18-10-21-22(27)12-25(34-26(21)13-23(18)32-15-29-4)20-9-8-19(31-14-28-3)11-24(20)33-16-30-5/h6,8-11,13,25H,7,12,14-16H2,1-5H3. The van der Waals surface area contributed by atoms with Crippen LogP contribution in [0.4, 0.5) is 0 Å². The van der Waals surface area contributed by atoms with Gasteiger partial charge in [0.05, 0.1) is 12.0 Å². The molecule has 1 unspecified atom stereocenters. The number of ether oxygens (including phenoxy) is 7. The summed E-state index contributed by atoms with van der Waals surface area (Å²) in [6.45, 7) is 4.30. The maximum atomic E-state index is 13.2. The summed E-state index contributed by atoms with van der Waals surface area (Å²) in [5.41, 5.74) is 3.34. The molecule has 34 heavy (non-hydrogen) atoms. The summed E-state index contributed by atoms with van der Waals surface area (Å²) in [5, 5.41) is 0. The number of benzene rings is 2. The van der Waals surface area contributed by atoms with Crippen LogP contribution < -0.4 is 18.9 Å². The molecule has 8 nitrogen and oxygen atoms in total. The number of rotatable bonds is 12. The third-order valence-corrected chi connectivity index (χ3v) is 5.17. The molecule has 0 aliphatic carbocycles. The van der Waals surface area contributed by atoms with Crippen molar-refractivity contribution in [2.24, 2.45) is 0 Å². The molecule has 1 atom stereocenters. The number of carbonyl (C=O) groups excluding carboxylic acids is 1. The highest BCUT2D eigenvalue weighted by Gasteiger charge is 2.31. The van der Waals surface area contributed by atoms with E-state index in [2.05, 4.69) is 6.08 Å². The molecule has 3 rings (SSSR count). The maximum absolute atomic E-state index is 13.2. The molecule has 0 aromatic heterocycles. The van der Waals surface area contributed by atoms with Gasteiger partial charge in [-0.3, -0.25) is 4.79 Å². The predicted molar refractivity (Wildman–Crippen MR) is 126 cm³/mol. The van der Waals surface area contributed by atoms with Crippen molar-refractivity contribution in [2.75, 3.05) is 41.7 Å². The fourth-order valence-corrected chi connectivity index (χ4v) is 3.54. The van der Waals surface area contributed by atoms with Crippen LogP contribution in [0, 0.1) is 0 Å². The fraction of sp³-hybridized carbons (Fsp3) is 0.423. The van der Waals surface area contributed by atoms with E-state index in [1.54, 1.807) is 32.4 Å². The van der Waals surface area contributed by atoms with Crippen molar-refractivity contribution in [2.45, 2.75) is 32.8 Å². The van der Waals surface area contributed by atoms with E-state index in [-0.39, 0.29) is 32.6 Å². The smallest absolute Gasteiger partial charge is 0.188 e. The molecule has 2 aromatic rings. The van der Waals surface area contributed by atoms with E-state index in [0.29, 0.717) is 40.5 Å². The number of carbonyl (C=O) groups is 1. The minimum absolute atomic E-state index is 0.0135. The molecule has 0 N–H and O–H groups in total. The van der Waals surface area contributed by atoms with Crippen molar-refractivity contribution in [3.8, 4) is 23.0 Å². The Kier molecular flexibility index (Phi) is 9.33. The topological polar surface area (TPSA) is 81.7 Å². The summed E-state index contributed by atoms with van der Waals surface area (Å²) < 4.78 is 38.4. The summed E-state index contributed by atoms with van der Waals surface area (Å²) in [5.74, 6) is 2.14. The van der Waals surface area contributed by atoms with Crippen molar-refractivity contribution in [1.29, 1.82) is 0 Å². The van der Waals surface area contributed by atoms with Gasteiger partial charge < -0.3 is 33.2 Å². The Morgan fingerprint density at radius 1 is 0.941 bits per heavy atom. The first-order valence-corrected chi connectivity index (χ1v) is 11.0. The number of methoxy groups -OCH3 is 3. The molecule has 1 aliphatic heterocycles. The second kappa shape index (κ2) is 12.4. The molecule has 1 heterocycles. The van der Waals surface area contributed by atoms with E-state index in [9.17, 15) is 4.79 Å². The van der Waals surface area contributed by atoms with Crippen LogP contribution in [-0.2, 0) is 20.6 Å². The van der Waals surface area contributed by atoms with E-state index < -0.39 is 6.10 Å². The Hall–Kier alpha value is -3.07. The van der Waals surface area contributed by atoms with Gasteiger partial charge in [0.2, 0.25) is 0 Å². The Bertz CT molecular complexity index is 1010. The minimum atomic E-state index is -0.540. The highest BCUT2D eigenvalue weighted by atomic mass is 16.7. The van der Waals surface area contributed by atoms with Gasteiger partial charge >= 0.3 is 0 Å². The maximum Gasteiger partial charge on any atom is 0.188 e. The number of Topliss-reactive ketones (excluding diaryl/α,β-unsaturated/α-hetero) is 1. The van der Waals surface area contributed by atoms with Crippen LogP contribution in [0.5, 0.6) is 23.0 Å². The van der Waals surface area contributed by atoms with Crippen molar-refractivity contribution < 1.29 is 38.0 Å². The monoisotopic (exact) mass is 472 g/mol. The van der Waals surface area contributed by atoms with Crippen molar-refractivity contribution >= 4 is 5.78 Å². The average Bonchev–Trinajstić information content (AvgIpc) is 2.83. The lowest BCUT2D eigenvalue weighted by Gasteiger charge is -2.28. The van der Waals surface area contributed by atoms with Gasteiger partial charge in [0.1, 0.15) is 29.1 Å². The van der Waals surface area contributed by atoms with Crippen LogP contribution in [0.15, 0.2) is 42.0 Å². The summed E-state index contributed by atoms with van der Waals surface area (Å²) in [4.78, 5) is 13.2. The molecular weight excluding hydrogens is 440 g/mol. The molecule has 0 bridgehead atoms. The van der Waals surface area contributed by atoms with Crippen molar-refractivity contribution in [3.05, 3.63) is 58.7 Å². The number of allylic oxidation sites excluding steroid dienone is 2. The van der Waals surface area contributed by atoms with E-state index in [4.69, 9.17) is 33.2 Å². The van der Waals surface area contributed by atoms with Crippen LogP contribution >= 0.6 is 0 Å². The molecule has 0 fully saturated rings. The van der Waals surface area contributed by atoms with Gasteiger partial charge in [-0.15, -0.1) is 0 Å². The number of hydrogen-bond acceptors (Lipinski definition) is 8. The van der Waals surface area contributed by atoms with E-state index in [1.807, 2.05) is 26.0 Å². The fourth-order valence-electron chi connectivity index (χ4n) is 3.54. The number of ketones is 1. The van der Waals surface area contributed by atoms with Gasteiger partial charge in [-0.25, -0.2) is 0 Å². The zero-order valence-corrected chi connectivity index (χ0v) is 20.3. The normalized spacial score (nSPS) is 14.7. The van der Waals surface area contributed by atoms with Crippen molar-refractivity contribution in [1.82, 2.24) is 0 Å². The van der Waals surface area contributed by atoms with Crippen LogP contribution in [0.1, 0.15) is 47.9 Å². The Morgan fingerprint density at radius 2 is 1.62 bits per heavy atom. The highest BCUT2D eigenvalue weighted by Crippen LogP contribution is 2.42. The summed E-state index contributed by atoms with van der Waals surface area (Å²) >= 11 is 0. The number of hydrogen-bond donors (Lipinski definition) is 0. The predicted octanol–water partition coefficient (Wildman–Crippen LogP) is 4.85. The van der Waals surface area contributed by atoms with Crippen LogP contribution in [-0.4, -0.2) is 47.5 Å². The molecular formula is C26H32O8. The van der Waals surface area contributed by atoms with Gasteiger partial charge in [-0.05, 0) is 44.0 Å². The molecule has 0 saturated carbocycles. The molecule has 8 heteroatoms. The van der Waals surface area contributed by atoms with Gasteiger partial charge in [0, 0.05) is 39.0 Å². The highest BCUT2D eigenvalue weighted by molar-refractivity contribution is 6.00. The van der Waals surface area contributed by atoms with Gasteiger partial charge in [0.15, 0.2) is 26.2 Å². The average molecular weight is 473 g/mol. The summed E-state index contributed by atoms with van der Waals surface area (Å²) in [7, 11) is 4.65. The lowest BCUT2D eigenvalue weighted by molar-refractivity contribution is 0.0438. The first-order chi connectivity index (χ1) is 16.5. The van der Waals surface area contributed by atoms with Gasteiger partial charge in [-0.2, -0.15) is 0 Å². The lowest BCUT2D eigenvalue weighted by atomic mass is 9.93. The number of fused-ring (bicyclic) bond motifs is 1. The molecule has 0 spiro atoms. The first kappa shape index (κ1) is 25.6. The van der Waals surface area contributed by atoms with E-state index in [0.717, 1.165) is 5.56 Å². The van der Waals surface area contributed by atoms with Crippen LogP contribution in [0.3, 0.4) is 0 Å². The second-order valence-corrected chi connectivity index (χ2v) is 8.03. The van der Waals surface area contributed by atoms with Gasteiger partial charge in [0.25, 0.3) is 0 Å². The van der Waals surface area contributed by atoms with Crippen LogP contribution in [0.2, 0.25) is 0 Å². The third kappa shape index (κ3) is 6.50. The molecule has 1 aliphatic rings. The van der Waals surface area contributed by atoms with E-state index >= 15 is 0 Å². The lowest BCUT2D eigenvalue weighted by Crippen LogP contribution is -2.22. The Morgan fingerprint density at radius 3 is 2.29 bits per heavy atom. The SMILES string of the molecule is COCOc1ccc(C2CC(=O)c3cc(CC=C(C)C)c(OCOC)cc3O2)c(OCOC)c1. The summed E-state index contributed by atoms with van der Waals surface area (Å²) in [6, 6.07) is 8.95. The van der Waals surface area contributed by atoms with Crippen LogP contribution in [0.25, 0.3) is 0 Å². The zero-order chi connectivity index (χ0) is 24.5. The van der Waals surface area contributed by atoms with Gasteiger partial charge in [-0.1, -0.05) is 11.6 Å². The Balaban J connectivity index is 1.94. The summed E-state index contributed by atoms with van der Waals surface area (Å²) in [6.07, 6.45) is 2.37. The molecule has 0 saturated heterocycles. The quantitative estimate of drug-likeness (QED) is 0.320. The molecule has 184 valence electrons.